The van der Waals surface area contributed by atoms with Gasteiger partial charge >= 0.3 is 0 Å². The number of allylic oxidation sites excluding steroid dienone is 6. The third kappa shape index (κ3) is 5.69. The zero-order valence-electron chi connectivity index (χ0n) is 11.4. The van der Waals surface area contributed by atoms with Crippen LogP contribution in [-0.2, 0) is 0 Å². The van der Waals surface area contributed by atoms with Crippen LogP contribution in [0.25, 0.3) is 0 Å². The standard InChI is InChI=1S/C15H25N/c1-6-9-10-12-15(13(4)11-7-2)14(5)16-8-3/h8,10-12H,6-7,9H2,1-5H3/b12-10-,13-11+,15-14-,16-8?. The SMILES string of the molecule is CC=N/C(C)=C(/C=C\CCC)C(\C)=C\CC. The average Bonchev–Trinajstić information content (AvgIpc) is 2.25. The maximum Gasteiger partial charge on any atom is 0.0443 e. The minimum Gasteiger partial charge on any atom is -0.266 e. The van der Waals surface area contributed by atoms with Crippen molar-refractivity contribution in [2.45, 2.75) is 53.9 Å². The Kier molecular flexibility index (Phi) is 8.51. The maximum absolute atomic E-state index is 4.37. The Morgan fingerprint density at radius 2 is 1.88 bits per heavy atom. The molecule has 0 aliphatic heterocycles. The van der Waals surface area contributed by atoms with Gasteiger partial charge < -0.3 is 0 Å². The van der Waals surface area contributed by atoms with E-state index < -0.39 is 0 Å². The Labute approximate surface area is 101 Å². The summed E-state index contributed by atoms with van der Waals surface area (Å²) in [5.74, 6) is 0. The summed E-state index contributed by atoms with van der Waals surface area (Å²) < 4.78 is 0. The number of aliphatic imine (C=N–C) groups is 1. The third-order valence-corrected chi connectivity index (χ3v) is 2.39. The molecule has 1 nitrogen and oxygen atoms in total. The predicted octanol–water partition coefficient (Wildman–Crippen LogP) is 5.06. The van der Waals surface area contributed by atoms with Crippen LogP contribution in [0.15, 0.2) is 40.1 Å². The molecule has 0 aromatic carbocycles. The van der Waals surface area contributed by atoms with Gasteiger partial charge in [-0.1, -0.05) is 38.5 Å². The second-order valence-corrected chi connectivity index (χ2v) is 3.87. The zero-order valence-corrected chi connectivity index (χ0v) is 11.4. The van der Waals surface area contributed by atoms with E-state index in [-0.39, 0.29) is 0 Å². The molecule has 0 saturated carbocycles. The minimum atomic E-state index is 1.07. The summed E-state index contributed by atoms with van der Waals surface area (Å²) in [6, 6.07) is 0. The van der Waals surface area contributed by atoms with Crippen LogP contribution < -0.4 is 0 Å². The molecule has 0 aliphatic carbocycles. The van der Waals surface area contributed by atoms with Crippen molar-refractivity contribution in [2.75, 3.05) is 0 Å². The lowest BCUT2D eigenvalue weighted by molar-refractivity contribution is 0.957. The van der Waals surface area contributed by atoms with Crippen LogP contribution in [0.5, 0.6) is 0 Å². The van der Waals surface area contributed by atoms with Crippen molar-refractivity contribution in [1.82, 2.24) is 0 Å². The summed E-state index contributed by atoms with van der Waals surface area (Å²) in [5.41, 5.74) is 3.67. The Morgan fingerprint density at radius 3 is 2.38 bits per heavy atom. The second-order valence-electron chi connectivity index (χ2n) is 3.87. The number of hydrogen-bond donors (Lipinski definition) is 0. The smallest absolute Gasteiger partial charge is 0.0443 e. The fraction of sp³-hybridized carbons (Fsp3) is 0.533. The van der Waals surface area contributed by atoms with E-state index in [2.05, 4.69) is 50.9 Å². The molecule has 90 valence electrons. The van der Waals surface area contributed by atoms with E-state index in [1.807, 2.05) is 13.1 Å². The highest BCUT2D eigenvalue weighted by molar-refractivity contribution is 5.56. The minimum absolute atomic E-state index is 1.07. The topological polar surface area (TPSA) is 12.4 Å². The van der Waals surface area contributed by atoms with E-state index in [1.165, 1.54) is 17.6 Å². The summed E-state index contributed by atoms with van der Waals surface area (Å²) in [6.45, 7) is 10.5. The number of nitrogens with zero attached hydrogens (tertiary/aromatic N) is 1. The van der Waals surface area contributed by atoms with Crippen molar-refractivity contribution < 1.29 is 0 Å². The van der Waals surface area contributed by atoms with Crippen molar-refractivity contribution >= 4 is 6.21 Å². The van der Waals surface area contributed by atoms with E-state index in [4.69, 9.17) is 0 Å². The highest BCUT2D eigenvalue weighted by Gasteiger charge is 1.99. The van der Waals surface area contributed by atoms with Gasteiger partial charge in [-0.3, -0.25) is 4.99 Å². The molecule has 1 heteroatoms. The Balaban J connectivity index is 5.05. The fourth-order valence-electron chi connectivity index (χ4n) is 1.58. The largest absolute Gasteiger partial charge is 0.266 e. The van der Waals surface area contributed by atoms with Gasteiger partial charge in [0.2, 0.25) is 0 Å². The summed E-state index contributed by atoms with van der Waals surface area (Å²) in [7, 11) is 0. The monoisotopic (exact) mass is 219 g/mol. The Morgan fingerprint density at radius 1 is 1.19 bits per heavy atom. The van der Waals surface area contributed by atoms with Crippen molar-refractivity contribution in [3.8, 4) is 0 Å². The molecule has 0 spiro atoms. The predicted molar refractivity (Wildman–Crippen MR) is 75.0 cm³/mol. The van der Waals surface area contributed by atoms with Crippen molar-refractivity contribution in [1.29, 1.82) is 0 Å². The number of hydrogen-bond acceptors (Lipinski definition) is 1. The van der Waals surface area contributed by atoms with Crippen molar-refractivity contribution in [2.24, 2.45) is 4.99 Å². The molecule has 0 atom stereocenters. The van der Waals surface area contributed by atoms with Crippen molar-refractivity contribution in [3.63, 3.8) is 0 Å². The molecule has 16 heavy (non-hydrogen) atoms. The normalized spacial score (nSPS) is 14.9. The summed E-state index contributed by atoms with van der Waals surface area (Å²) in [5, 5.41) is 0. The third-order valence-electron chi connectivity index (χ3n) is 2.39. The van der Waals surface area contributed by atoms with Crippen LogP contribution in [-0.4, -0.2) is 6.21 Å². The molecule has 0 aromatic rings. The molecular weight excluding hydrogens is 194 g/mol. The van der Waals surface area contributed by atoms with Crippen LogP contribution >= 0.6 is 0 Å². The van der Waals surface area contributed by atoms with Gasteiger partial charge in [-0.05, 0) is 44.8 Å². The van der Waals surface area contributed by atoms with E-state index in [0.29, 0.717) is 0 Å². The lowest BCUT2D eigenvalue weighted by atomic mass is 10.0. The Bertz CT molecular complexity index is 303. The number of unbranched alkanes of at least 4 members (excludes halogenated alkanes) is 1. The fourth-order valence-corrected chi connectivity index (χ4v) is 1.58. The molecule has 0 rings (SSSR count). The molecule has 0 saturated heterocycles. The van der Waals surface area contributed by atoms with Crippen LogP contribution in [0.1, 0.15) is 53.9 Å². The molecule has 0 unspecified atom stereocenters. The lowest BCUT2D eigenvalue weighted by Gasteiger charge is -2.05. The first kappa shape index (κ1) is 14.9. The molecule has 0 radical (unpaired) electrons. The maximum atomic E-state index is 4.37. The highest BCUT2D eigenvalue weighted by atomic mass is 14.7. The molecule has 0 bridgehead atoms. The molecule has 0 amide bonds. The van der Waals surface area contributed by atoms with Gasteiger partial charge in [-0.2, -0.15) is 0 Å². The van der Waals surface area contributed by atoms with Crippen LogP contribution in [0, 0.1) is 0 Å². The molecular formula is C15H25N. The second kappa shape index (κ2) is 9.14. The van der Waals surface area contributed by atoms with E-state index in [0.717, 1.165) is 18.5 Å². The van der Waals surface area contributed by atoms with Gasteiger partial charge in [0, 0.05) is 11.9 Å². The first-order chi connectivity index (χ1) is 7.67. The van der Waals surface area contributed by atoms with E-state index in [1.54, 1.807) is 0 Å². The van der Waals surface area contributed by atoms with E-state index >= 15 is 0 Å². The quantitative estimate of drug-likeness (QED) is 0.437. The molecule has 0 aliphatic rings. The van der Waals surface area contributed by atoms with Gasteiger partial charge in [0.25, 0.3) is 0 Å². The van der Waals surface area contributed by atoms with Crippen molar-refractivity contribution in [3.05, 3.63) is 35.1 Å². The number of rotatable bonds is 6. The van der Waals surface area contributed by atoms with Gasteiger partial charge in [-0.15, -0.1) is 0 Å². The lowest BCUT2D eigenvalue weighted by Crippen LogP contribution is -1.87. The zero-order chi connectivity index (χ0) is 12.4. The molecule has 0 aromatic heterocycles. The van der Waals surface area contributed by atoms with Crippen LogP contribution in [0.4, 0.5) is 0 Å². The van der Waals surface area contributed by atoms with Gasteiger partial charge in [-0.25, -0.2) is 0 Å². The van der Waals surface area contributed by atoms with Crippen LogP contribution in [0.2, 0.25) is 0 Å². The van der Waals surface area contributed by atoms with Gasteiger partial charge in [0.15, 0.2) is 0 Å². The van der Waals surface area contributed by atoms with Gasteiger partial charge in [0.05, 0.1) is 0 Å². The Hall–Kier alpha value is -1.11. The van der Waals surface area contributed by atoms with Gasteiger partial charge in [0.1, 0.15) is 0 Å². The summed E-state index contributed by atoms with van der Waals surface area (Å²) in [4.78, 5) is 4.37. The van der Waals surface area contributed by atoms with Crippen LogP contribution in [0.3, 0.4) is 0 Å². The molecule has 0 heterocycles. The van der Waals surface area contributed by atoms with E-state index in [9.17, 15) is 0 Å². The first-order valence-corrected chi connectivity index (χ1v) is 6.20. The molecule has 0 fully saturated rings. The average molecular weight is 219 g/mol. The summed E-state index contributed by atoms with van der Waals surface area (Å²) in [6.07, 6.45) is 11.9. The summed E-state index contributed by atoms with van der Waals surface area (Å²) >= 11 is 0. The highest BCUT2D eigenvalue weighted by Crippen LogP contribution is 2.18. The first-order valence-electron chi connectivity index (χ1n) is 6.20. The molecule has 0 N–H and O–H groups in total.